The van der Waals surface area contributed by atoms with E-state index in [-0.39, 0.29) is 24.5 Å². The monoisotopic (exact) mass is 387 g/mol. The van der Waals surface area contributed by atoms with E-state index in [0.717, 1.165) is 17.2 Å². The molecule has 2 aromatic rings. The summed E-state index contributed by atoms with van der Waals surface area (Å²) in [5.41, 5.74) is 3.88. The van der Waals surface area contributed by atoms with Crippen molar-refractivity contribution in [3.8, 4) is 17.2 Å². The van der Waals surface area contributed by atoms with E-state index < -0.39 is 22.3 Å². The Hall–Kier alpha value is -3.62. The van der Waals surface area contributed by atoms with E-state index in [1.807, 2.05) is 32.0 Å². The molecule has 0 aromatic heterocycles. The summed E-state index contributed by atoms with van der Waals surface area (Å²) in [5, 5.41) is 24.7. The number of carbonyl (C=O) groups is 1. The van der Waals surface area contributed by atoms with Crippen molar-refractivity contribution in [2.24, 2.45) is 5.10 Å². The lowest BCUT2D eigenvalue weighted by molar-refractivity contribution is -0.386. The van der Waals surface area contributed by atoms with Crippen molar-refractivity contribution in [2.45, 2.75) is 20.8 Å². The zero-order chi connectivity index (χ0) is 20.7. The number of nitrogens with zero attached hydrogens (tertiary/aromatic N) is 2. The number of rotatable bonds is 8. The number of phenols is 1. The number of amides is 1. The molecule has 0 aliphatic rings. The molecule has 0 atom stereocenters. The molecule has 0 aliphatic carbocycles. The number of benzene rings is 2. The second kappa shape index (κ2) is 9.36. The van der Waals surface area contributed by atoms with Crippen molar-refractivity contribution in [3.05, 3.63) is 57.1 Å². The van der Waals surface area contributed by atoms with Crippen LogP contribution in [0.15, 0.2) is 35.4 Å². The third-order valence-electron chi connectivity index (χ3n) is 3.73. The van der Waals surface area contributed by atoms with E-state index in [2.05, 4.69) is 10.5 Å². The molecule has 0 heterocycles. The highest BCUT2D eigenvalue weighted by molar-refractivity contribution is 5.85. The molecule has 0 radical (unpaired) electrons. The van der Waals surface area contributed by atoms with Gasteiger partial charge in [0.1, 0.15) is 5.75 Å². The van der Waals surface area contributed by atoms with Gasteiger partial charge in [-0.05, 0) is 38.0 Å². The third kappa shape index (κ3) is 5.19. The molecular weight excluding hydrogens is 366 g/mol. The molecule has 2 aromatic carbocycles. The fraction of sp³-hybridized carbons (Fsp3) is 0.263. The molecule has 2 rings (SSSR count). The van der Waals surface area contributed by atoms with Crippen LogP contribution < -0.4 is 14.9 Å². The molecule has 0 fully saturated rings. The van der Waals surface area contributed by atoms with Crippen LogP contribution in [0.25, 0.3) is 0 Å². The van der Waals surface area contributed by atoms with Crippen LogP contribution in [-0.4, -0.2) is 35.4 Å². The van der Waals surface area contributed by atoms with Crippen molar-refractivity contribution in [3.63, 3.8) is 0 Å². The first kappa shape index (κ1) is 20.7. The van der Waals surface area contributed by atoms with Crippen molar-refractivity contribution in [2.75, 3.05) is 13.2 Å². The summed E-state index contributed by atoms with van der Waals surface area (Å²) in [6.07, 6.45) is 1.21. The summed E-state index contributed by atoms with van der Waals surface area (Å²) in [6.45, 7) is 5.43. The number of phenolic OH excluding ortho intramolecular Hbond substituents is 1. The van der Waals surface area contributed by atoms with Gasteiger partial charge in [0.2, 0.25) is 5.75 Å². The minimum atomic E-state index is -0.730. The highest BCUT2D eigenvalue weighted by Gasteiger charge is 2.19. The Balaban J connectivity index is 2.03. The predicted octanol–water partition coefficient (Wildman–Crippen LogP) is 2.85. The number of nitro benzene ring substituents is 1. The van der Waals surface area contributed by atoms with Crippen LogP contribution in [0.1, 0.15) is 23.6 Å². The molecular formula is C19H21N3O6. The van der Waals surface area contributed by atoms with Crippen LogP contribution in [0.2, 0.25) is 0 Å². The lowest BCUT2D eigenvalue weighted by Gasteiger charge is -2.10. The first-order valence-corrected chi connectivity index (χ1v) is 8.48. The van der Waals surface area contributed by atoms with Crippen molar-refractivity contribution < 1.29 is 24.3 Å². The molecule has 0 bridgehead atoms. The van der Waals surface area contributed by atoms with Crippen LogP contribution in [0.3, 0.4) is 0 Å². The number of ether oxygens (including phenoxy) is 2. The summed E-state index contributed by atoms with van der Waals surface area (Å²) in [7, 11) is 0. The predicted molar refractivity (Wildman–Crippen MR) is 103 cm³/mol. The summed E-state index contributed by atoms with van der Waals surface area (Å²) >= 11 is 0. The number of nitro groups is 1. The van der Waals surface area contributed by atoms with E-state index in [9.17, 15) is 20.0 Å². The van der Waals surface area contributed by atoms with Crippen LogP contribution in [-0.2, 0) is 4.79 Å². The number of hydrazone groups is 1. The molecule has 1 amide bonds. The van der Waals surface area contributed by atoms with E-state index in [0.29, 0.717) is 5.75 Å². The van der Waals surface area contributed by atoms with Crippen LogP contribution in [0, 0.1) is 24.0 Å². The smallest absolute Gasteiger partial charge is 0.315 e. The number of hydrogen-bond acceptors (Lipinski definition) is 7. The maximum atomic E-state index is 11.9. The second-order valence-electron chi connectivity index (χ2n) is 5.88. The Morgan fingerprint density at radius 3 is 2.57 bits per heavy atom. The number of para-hydroxylation sites is 1. The quantitative estimate of drug-likeness (QED) is 0.408. The standard InChI is InChI=1S/C19H21N3O6/c1-4-27-16-9-14(8-15(18(16)24)22(25)26)10-20-21-17(23)11-28-19-12(2)6-5-7-13(19)3/h5-10,24H,4,11H2,1-3H3,(H,21,23)/b20-10-. The third-order valence-corrected chi connectivity index (χ3v) is 3.73. The van der Waals surface area contributed by atoms with Crippen LogP contribution in [0.4, 0.5) is 5.69 Å². The van der Waals surface area contributed by atoms with Gasteiger partial charge in [-0.15, -0.1) is 0 Å². The summed E-state index contributed by atoms with van der Waals surface area (Å²) < 4.78 is 10.7. The Labute approximate surface area is 161 Å². The van der Waals surface area contributed by atoms with Gasteiger partial charge in [-0.1, -0.05) is 18.2 Å². The van der Waals surface area contributed by atoms with Crippen molar-refractivity contribution in [1.82, 2.24) is 5.43 Å². The summed E-state index contributed by atoms with van der Waals surface area (Å²) in [6, 6.07) is 8.17. The van der Waals surface area contributed by atoms with Crippen molar-refractivity contribution in [1.29, 1.82) is 0 Å². The van der Waals surface area contributed by atoms with Gasteiger partial charge >= 0.3 is 5.69 Å². The van der Waals surface area contributed by atoms with E-state index >= 15 is 0 Å². The Morgan fingerprint density at radius 1 is 1.29 bits per heavy atom. The Kier molecular flexibility index (Phi) is 6.91. The highest BCUT2D eigenvalue weighted by atomic mass is 16.6. The minimum Gasteiger partial charge on any atom is -0.500 e. The highest BCUT2D eigenvalue weighted by Crippen LogP contribution is 2.36. The molecule has 0 unspecified atom stereocenters. The van der Waals surface area contributed by atoms with Gasteiger partial charge in [-0.25, -0.2) is 5.43 Å². The molecule has 28 heavy (non-hydrogen) atoms. The fourth-order valence-electron chi connectivity index (χ4n) is 2.47. The van der Waals surface area contributed by atoms with Gasteiger partial charge in [0.05, 0.1) is 17.7 Å². The summed E-state index contributed by atoms with van der Waals surface area (Å²) in [4.78, 5) is 22.2. The number of aryl methyl sites for hydroxylation is 2. The normalized spacial score (nSPS) is 10.7. The molecule has 9 heteroatoms. The van der Waals surface area contributed by atoms with E-state index in [1.54, 1.807) is 6.92 Å². The first-order chi connectivity index (χ1) is 13.3. The molecule has 0 saturated heterocycles. The first-order valence-electron chi connectivity index (χ1n) is 8.48. The van der Waals surface area contributed by atoms with Gasteiger partial charge in [0, 0.05) is 11.6 Å². The molecule has 0 spiro atoms. The van der Waals surface area contributed by atoms with Crippen molar-refractivity contribution >= 4 is 17.8 Å². The van der Waals surface area contributed by atoms with Gasteiger partial charge in [-0.3, -0.25) is 14.9 Å². The maximum absolute atomic E-state index is 11.9. The maximum Gasteiger partial charge on any atom is 0.315 e. The van der Waals surface area contributed by atoms with E-state index in [4.69, 9.17) is 9.47 Å². The van der Waals surface area contributed by atoms with Gasteiger partial charge in [0.25, 0.3) is 5.91 Å². The second-order valence-corrected chi connectivity index (χ2v) is 5.88. The summed E-state index contributed by atoms with van der Waals surface area (Å²) in [5.74, 6) is -0.452. The average molecular weight is 387 g/mol. The van der Waals surface area contributed by atoms with Crippen LogP contribution in [0.5, 0.6) is 17.2 Å². The minimum absolute atomic E-state index is 0.0390. The largest absolute Gasteiger partial charge is 0.500 e. The average Bonchev–Trinajstić information content (AvgIpc) is 2.63. The lowest BCUT2D eigenvalue weighted by Crippen LogP contribution is -2.25. The molecule has 2 N–H and O–H groups in total. The SMILES string of the molecule is CCOc1cc(/C=N\NC(=O)COc2c(C)cccc2C)cc([N+](=O)[O-])c1O. The molecule has 0 aliphatic heterocycles. The Bertz CT molecular complexity index is 891. The van der Waals surface area contributed by atoms with E-state index in [1.165, 1.54) is 12.3 Å². The van der Waals surface area contributed by atoms with Gasteiger partial charge in [0.15, 0.2) is 12.4 Å². The zero-order valence-corrected chi connectivity index (χ0v) is 15.8. The topological polar surface area (TPSA) is 123 Å². The number of aromatic hydroxyl groups is 1. The molecule has 0 saturated carbocycles. The molecule has 148 valence electrons. The Morgan fingerprint density at radius 2 is 1.96 bits per heavy atom. The van der Waals surface area contributed by atoms with Gasteiger partial charge in [-0.2, -0.15) is 5.10 Å². The van der Waals surface area contributed by atoms with Crippen LogP contribution >= 0.6 is 0 Å². The fourth-order valence-corrected chi connectivity index (χ4v) is 2.47. The number of carbonyl (C=O) groups excluding carboxylic acids is 1. The van der Waals surface area contributed by atoms with Gasteiger partial charge < -0.3 is 14.6 Å². The molecule has 9 nitrogen and oxygen atoms in total. The lowest BCUT2D eigenvalue weighted by atomic mass is 10.1. The number of nitrogens with one attached hydrogen (secondary N) is 1. The number of hydrogen-bond donors (Lipinski definition) is 2. The zero-order valence-electron chi connectivity index (χ0n) is 15.8.